The van der Waals surface area contributed by atoms with Crippen molar-refractivity contribution in [3.8, 4) is 0 Å². The minimum Gasteiger partial charge on any atom is -0.311 e. The zero-order valence-corrected chi connectivity index (χ0v) is 13.3. The van der Waals surface area contributed by atoms with Gasteiger partial charge in [-0.05, 0) is 55.2 Å². The maximum Gasteiger partial charge on any atom is 0.0408 e. The van der Waals surface area contributed by atoms with Crippen LogP contribution in [0.2, 0.25) is 5.02 Å². The molecule has 1 nitrogen and oxygen atoms in total. The molecule has 19 heavy (non-hydrogen) atoms. The van der Waals surface area contributed by atoms with Crippen LogP contribution in [0.5, 0.6) is 0 Å². The van der Waals surface area contributed by atoms with Crippen molar-refractivity contribution in [3.05, 3.63) is 34.9 Å². The Morgan fingerprint density at radius 2 is 2.11 bits per heavy atom. The van der Waals surface area contributed by atoms with E-state index in [0.29, 0.717) is 17.5 Å². The Morgan fingerprint density at radius 3 is 2.68 bits per heavy atom. The molecule has 1 aliphatic carbocycles. The Bertz CT molecular complexity index is 427. The number of benzene rings is 1. The van der Waals surface area contributed by atoms with E-state index in [0.717, 1.165) is 17.4 Å². The molecule has 1 aromatic carbocycles. The molecule has 0 spiro atoms. The van der Waals surface area contributed by atoms with Crippen molar-refractivity contribution in [2.75, 3.05) is 0 Å². The van der Waals surface area contributed by atoms with Crippen molar-refractivity contribution in [1.29, 1.82) is 0 Å². The molecule has 3 atom stereocenters. The minimum atomic E-state index is 0.493. The zero-order chi connectivity index (χ0) is 14.0. The van der Waals surface area contributed by atoms with Gasteiger partial charge in [0.05, 0.1) is 0 Å². The third-order valence-electron chi connectivity index (χ3n) is 4.26. The molecule has 1 saturated carbocycles. The highest BCUT2D eigenvalue weighted by molar-refractivity contribution is 6.30. The predicted molar refractivity (Wildman–Crippen MR) is 83.7 cm³/mol. The van der Waals surface area contributed by atoms with Crippen molar-refractivity contribution in [1.82, 2.24) is 5.32 Å². The van der Waals surface area contributed by atoms with E-state index in [1.807, 2.05) is 12.1 Å². The van der Waals surface area contributed by atoms with Gasteiger partial charge in [0.15, 0.2) is 0 Å². The topological polar surface area (TPSA) is 12.0 Å². The fourth-order valence-corrected chi connectivity index (χ4v) is 3.77. The first-order chi connectivity index (χ1) is 8.85. The van der Waals surface area contributed by atoms with Gasteiger partial charge in [-0.3, -0.25) is 0 Å². The van der Waals surface area contributed by atoms with Crippen LogP contribution in [0.15, 0.2) is 24.3 Å². The van der Waals surface area contributed by atoms with E-state index >= 15 is 0 Å². The molecule has 0 heterocycles. The quantitative estimate of drug-likeness (QED) is 0.843. The molecule has 0 aromatic heterocycles. The lowest BCUT2D eigenvalue weighted by Crippen LogP contribution is -2.39. The van der Waals surface area contributed by atoms with Crippen LogP contribution in [0.3, 0.4) is 0 Å². The van der Waals surface area contributed by atoms with Crippen LogP contribution in [0.25, 0.3) is 0 Å². The maximum atomic E-state index is 6.04. The second-order valence-electron chi connectivity index (χ2n) is 7.06. The molecule has 3 unspecified atom stereocenters. The Hall–Kier alpha value is -0.530. The van der Waals surface area contributed by atoms with Crippen LogP contribution >= 0.6 is 11.6 Å². The fraction of sp³-hybridized carbons (Fsp3) is 0.647. The van der Waals surface area contributed by atoms with Gasteiger partial charge in [-0.1, -0.05) is 44.5 Å². The lowest BCUT2D eigenvalue weighted by atomic mass is 9.91. The van der Waals surface area contributed by atoms with Crippen LogP contribution in [0, 0.1) is 11.3 Å². The number of rotatable bonds is 4. The molecule has 106 valence electrons. The van der Waals surface area contributed by atoms with Crippen LogP contribution in [0.1, 0.15) is 46.1 Å². The molecule has 0 amide bonds. The highest BCUT2D eigenvalue weighted by Crippen LogP contribution is 2.41. The molecule has 1 fully saturated rings. The lowest BCUT2D eigenvalue weighted by molar-refractivity contribution is 0.354. The second-order valence-corrected chi connectivity index (χ2v) is 7.49. The normalized spacial score (nSPS) is 27.4. The maximum absolute atomic E-state index is 6.04. The van der Waals surface area contributed by atoms with Crippen molar-refractivity contribution >= 4 is 11.6 Å². The molecule has 0 aliphatic heterocycles. The van der Waals surface area contributed by atoms with Crippen molar-refractivity contribution in [2.45, 2.75) is 59.0 Å². The minimum absolute atomic E-state index is 0.493. The summed E-state index contributed by atoms with van der Waals surface area (Å²) in [5, 5.41) is 4.64. The first-order valence-corrected chi connectivity index (χ1v) is 7.74. The monoisotopic (exact) mass is 279 g/mol. The Labute approximate surface area is 122 Å². The number of hydrogen-bond donors (Lipinski definition) is 1. The molecule has 1 aliphatic rings. The van der Waals surface area contributed by atoms with Crippen LogP contribution in [0.4, 0.5) is 0 Å². The second kappa shape index (κ2) is 5.85. The summed E-state index contributed by atoms with van der Waals surface area (Å²) in [5.74, 6) is 0.775. The predicted octanol–water partition coefficient (Wildman–Crippen LogP) is 4.69. The van der Waals surface area contributed by atoms with E-state index in [2.05, 4.69) is 45.1 Å². The highest BCUT2D eigenvalue weighted by Gasteiger charge is 2.36. The summed E-state index contributed by atoms with van der Waals surface area (Å²) in [6, 6.07) is 9.36. The average Bonchev–Trinajstić information content (AvgIpc) is 2.51. The Morgan fingerprint density at radius 1 is 1.37 bits per heavy atom. The van der Waals surface area contributed by atoms with Gasteiger partial charge >= 0.3 is 0 Å². The van der Waals surface area contributed by atoms with Crippen molar-refractivity contribution in [3.63, 3.8) is 0 Å². The molecule has 0 bridgehead atoms. The molecule has 1 aromatic rings. The summed E-state index contributed by atoms with van der Waals surface area (Å²) in [5.41, 5.74) is 1.81. The van der Waals surface area contributed by atoms with E-state index in [9.17, 15) is 0 Å². The zero-order valence-electron chi connectivity index (χ0n) is 12.5. The molecule has 0 radical (unpaired) electrons. The highest BCUT2D eigenvalue weighted by atomic mass is 35.5. The first kappa shape index (κ1) is 14.9. The summed E-state index contributed by atoms with van der Waals surface area (Å²) in [7, 11) is 0. The van der Waals surface area contributed by atoms with Gasteiger partial charge in [0.25, 0.3) is 0 Å². The van der Waals surface area contributed by atoms with Gasteiger partial charge in [-0.15, -0.1) is 0 Å². The Kier molecular flexibility index (Phi) is 4.58. The summed E-state index contributed by atoms with van der Waals surface area (Å²) in [6.45, 7) is 9.41. The van der Waals surface area contributed by atoms with Crippen molar-refractivity contribution in [2.24, 2.45) is 11.3 Å². The summed E-state index contributed by atoms with van der Waals surface area (Å²) in [6.07, 6.45) is 3.66. The standard InChI is InChI=1S/C17H26ClN/c1-12-10-17(3,4)11-16(12)19-13(2)8-14-6-5-7-15(18)9-14/h5-7,9,12-13,16,19H,8,10-11H2,1-4H3. The van der Waals surface area contributed by atoms with E-state index in [1.165, 1.54) is 18.4 Å². The lowest BCUT2D eigenvalue weighted by Gasteiger charge is -2.23. The third-order valence-corrected chi connectivity index (χ3v) is 4.50. The SMILES string of the molecule is CC(Cc1cccc(Cl)c1)NC1CC(C)(C)CC1C. The first-order valence-electron chi connectivity index (χ1n) is 7.36. The van der Waals surface area contributed by atoms with Gasteiger partial charge in [0.2, 0.25) is 0 Å². The average molecular weight is 280 g/mol. The molecule has 1 N–H and O–H groups in total. The molecule has 0 saturated heterocycles. The van der Waals surface area contributed by atoms with E-state index in [1.54, 1.807) is 0 Å². The molecular weight excluding hydrogens is 254 g/mol. The third kappa shape index (κ3) is 4.22. The van der Waals surface area contributed by atoms with E-state index in [-0.39, 0.29) is 0 Å². The number of halogens is 1. The smallest absolute Gasteiger partial charge is 0.0408 e. The van der Waals surface area contributed by atoms with Gasteiger partial charge in [-0.2, -0.15) is 0 Å². The summed E-state index contributed by atoms with van der Waals surface area (Å²) >= 11 is 6.04. The van der Waals surface area contributed by atoms with Crippen LogP contribution < -0.4 is 5.32 Å². The van der Waals surface area contributed by atoms with Gasteiger partial charge in [-0.25, -0.2) is 0 Å². The molecule has 2 heteroatoms. The van der Waals surface area contributed by atoms with Gasteiger partial charge in [0.1, 0.15) is 0 Å². The number of hydrogen-bond acceptors (Lipinski definition) is 1. The van der Waals surface area contributed by atoms with Gasteiger partial charge < -0.3 is 5.32 Å². The molecule has 2 rings (SSSR count). The van der Waals surface area contributed by atoms with Crippen LogP contribution in [-0.2, 0) is 6.42 Å². The van der Waals surface area contributed by atoms with E-state index in [4.69, 9.17) is 11.6 Å². The molecular formula is C17H26ClN. The van der Waals surface area contributed by atoms with E-state index < -0.39 is 0 Å². The number of nitrogens with one attached hydrogen (secondary N) is 1. The Balaban J connectivity index is 1.90. The van der Waals surface area contributed by atoms with Crippen LogP contribution in [-0.4, -0.2) is 12.1 Å². The summed E-state index contributed by atoms with van der Waals surface area (Å²) in [4.78, 5) is 0. The van der Waals surface area contributed by atoms with Crippen molar-refractivity contribution < 1.29 is 0 Å². The fourth-order valence-electron chi connectivity index (χ4n) is 3.56. The largest absolute Gasteiger partial charge is 0.311 e. The summed E-state index contributed by atoms with van der Waals surface area (Å²) < 4.78 is 0. The van der Waals surface area contributed by atoms with Gasteiger partial charge in [0, 0.05) is 17.1 Å².